The van der Waals surface area contributed by atoms with E-state index in [4.69, 9.17) is 9.47 Å². The summed E-state index contributed by atoms with van der Waals surface area (Å²) >= 11 is 0. The van der Waals surface area contributed by atoms with Gasteiger partial charge in [-0.2, -0.15) is 0 Å². The van der Waals surface area contributed by atoms with E-state index < -0.39 is 0 Å². The topological polar surface area (TPSA) is 18.5 Å². The zero-order chi connectivity index (χ0) is 12.4. The van der Waals surface area contributed by atoms with Crippen molar-refractivity contribution in [2.45, 2.75) is 41.0 Å². The summed E-state index contributed by atoms with van der Waals surface area (Å²) in [7, 11) is 0. The summed E-state index contributed by atoms with van der Waals surface area (Å²) in [6.07, 6.45) is 0.966. The van der Waals surface area contributed by atoms with Crippen LogP contribution in [0.5, 0.6) is 11.5 Å². The normalized spacial score (nSPS) is 12.3. The molecule has 2 rings (SSSR count). The van der Waals surface area contributed by atoms with Crippen LogP contribution in [0.4, 0.5) is 0 Å². The summed E-state index contributed by atoms with van der Waals surface area (Å²) in [6, 6.07) is 6.02. The summed E-state index contributed by atoms with van der Waals surface area (Å²) in [4.78, 5) is 0. The molecule has 0 bridgehead atoms. The molecule has 92 valence electrons. The second-order valence-corrected chi connectivity index (χ2v) is 3.00. The number of hydrogen-bond acceptors (Lipinski definition) is 2. The Morgan fingerprint density at radius 1 is 0.875 bits per heavy atom. The monoisotopic (exact) mass is 224 g/mol. The van der Waals surface area contributed by atoms with Crippen LogP contribution in [-0.4, -0.2) is 13.2 Å². The maximum atomic E-state index is 5.50. The van der Waals surface area contributed by atoms with E-state index in [0.717, 1.165) is 31.1 Å². The first kappa shape index (κ1) is 14.8. The fourth-order valence-corrected chi connectivity index (χ4v) is 1.27. The first-order valence-corrected chi connectivity index (χ1v) is 6.22. The van der Waals surface area contributed by atoms with Crippen molar-refractivity contribution < 1.29 is 9.47 Å². The van der Waals surface area contributed by atoms with Crippen molar-refractivity contribution in [3.8, 4) is 11.5 Å². The summed E-state index contributed by atoms with van der Waals surface area (Å²) in [5.74, 6) is 1.76. The standard InChI is InChI=1S/C10H12O2.2C2H6/c1-8-3-4-9-10(7-8)12-6-2-5-11-9;2*1-2/h3-4,7H,2,5-6H2,1H3;2*1-2H3. The minimum atomic E-state index is 0.760. The molecule has 1 aromatic rings. The molecular formula is C14H24O2. The highest BCUT2D eigenvalue weighted by Gasteiger charge is 2.08. The van der Waals surface area contributed by atoms with Gasteiger partial charge >= 0.3 is 0 Å². The van der Waals surface area contributed by atoms with Crippen LogP contribution in [0.15, 0.2) is 18.2 Å². The predicted octanol–water partition coefficient (Wildman–Crippen LogP) is 4.21. The molecule has 0 amide bonds. The van der Waals surface area contributed by atoms with Crippen LogP contribution in [0.3, 0.4) is 0 Å². The van der Waals surface area contributed by atoms with Crippen molar-refractivity contribution >= 4 is 0 Å². The lowest BCUT2D eigenvalue weighted by molar-refractivity contribution is 0.297. The van der Waals surface area contributed by atoms with Gasteiger partial charge in [-0.25, -0.2) is 0 Å². The maximum absolute atomic E-state index is 5.50. The second-order valence-electron chi connectivity index (χ2n) is 3.00. The first-order valence-electron chi connectivity index (χ1n) is 6.22. The minimum Gasteiger partial charge on any atom is -0.490 e. The molecule has 1 heterocycles. The Morgan fingerprint density at radius 2 is 1.44 bits per heavy atom. The van der Waals surface area contributed by atoms with Gasteiger partial charge in [0.1, 0.15) is 0 Å². The highest BCUT2D eigenvalue weighted by atomic mass is 16.5. The van der Waals surface area contributed by atoms with E-state index >= 15 is 0 Å². The van der Waals surface area contributed by atoms with Gasteiger partial charge in [-0.1, -0.05) is 33.8 Å². The molecule has 1 aliphatic rings. The fourth-order valence-electron chi connectivity index (χ4n) is 1.27. The van der Waals surface area contributed by atoms with Gasteiger partial charge in [0.2, 0.25) is 0 Å². The molecule has 0 fully saturated rings. The average Bonchev–Trinajstić information content (AvgIpc) is 2.59. The summed E-state index contributed by atoms with van der Waals surface area (Å²) < 4.78 is 11.0. The second kappa shape index (κ2) is 9.08. The third kappa shape index (κ3) is 4.56. The van der Waals surface area contributed by atoms with E-state index in [0.29, 0.717) is 0 Å². The highest BCUT2D eigenvalue weighted by Crippen LogP contribution is 2.29. The van der Waals surface area contributed by atoms with Gasteiger partial charge in [-0.15, -0.1) is 0 Å². The lowest BCUT2D eigenvalue weighted by atomic mass is 10.2. The summed E-state index contributed by atoms with van der Waals surface area (Å²) in [5.41, 5.74) is 1.21. The Labute approximate surface area is 99.6 Å². The Balaban J connectivity index is 0.000000509. The average molecular weight is 224 g/mol. The van der Waals surface area contributed by atoms with Gasteiger partial charge in [-0.3, -0.25) is 0 Å². The molecule has 0 aliphatic carbocycles. The van der Waals surface area contributed by atoms with Gasteiger partial charge in [0.05, 0.1) is 13.2 Å². The largest absolute Gasteiger partial charge is 0.490 e. The van der Waals surface area contributed by atoms with Crippen LogP contribution in [-0.2, 0) is 0 Å². The number of rotatable bonds is 0. The molecule has 0 saturated carbocycles. The van der Waals surface area contributed by atoms with Crippen LogP contribution in [0, 0.1) is 6.92 Å². The molecule has 2 heteroatoms. The van der Waals surface area contributed by atoms with E-state index in [9.17, 15) is 0 Å². The molecule has 16 heavy (non-hydrogen) atoms. The molecule has 1 aliphatic heterocycles. The smallest absolute Gasteiger partial charge is 0.161 e. The SMILES string of the molecule is CC.CC.Cc1ccc2c(c1)OCCCO2. The zero-order valence-electron chi connectivity index (χ0n) is 11.2. The number of ether oxygens (including phenoxy) is 2. The van der Waals surface area contributed by atoms with Crippen molar-refractivity contribution in [2.75, 3.05) is 13.2 Å². The van der Waals surface area contributed by atoms with Crippen molar-refractivity contribution in [3.05, 3.63) is 23.8 Å². The van der Waals surface area contributed by atoms with Gasteiger partial charge in [0.15, 0.2) is 11.5 Å². The summed E-state index contributed by atoms with van der Waals surface area (Å²) in [6.45, 7) is 11.6. The van der Waals surface area contributed by atoms with Crippen molar-refractivity contribution in [2.24, 2.45) is 0 Å². The number of hydrogen-bond donors (Lipinski definition) is 0. The fraction of sp³-hybridized carbons (Fsp3) is 0.571. The molecule has 0 radical (unpaired) electrons. The molecule has 0 unspecified atom stereocenters. The van der Waals surface area contributed by atoms with Crippen LogP contribution in [0.2, 0.25) is 0 Å². The molecule has 0 aromatic heterocycles. The Hall–Kier alpha value is -1.18. The van der Waals surface area contributed by atoms with Crippen LogP contribution < -0.4 is 9.47 Å². The third-order valence-electron chi connectivity index (χ3n) is 1.90. The van der Waals surface area contributed by atoms with E-state index in [1.807, 2.05) is 45.9 Å². The zero-order valence-corrected chi connectivity index (χ0v) is 11.2. The minimum absolute atomic E-state index is 0.760. The third-order valence-corrected chi connectivity index (χ3v) is 1.90. The molecular weight excluding hydrogens is 200 g/mol. The molecule has 2 nitrogen and oxygen atoms in total. The van der Waals surface area contributed by atoms with Gasteiger partial charge in [0, 0.05) is 6.42 Å². The molecule has 1 aromatic carbocycles. The lowest BCUT2D eigenvalue weighted by Crippen LogP contribution is -1.97. The van der Waals surface area contributed by atoms with Crippen LogP contribution in [0.25, 0.3) is 0 Å². The van der Waals surface area contributed by atoms with Crippen molar-refractivity contribution in [1.29, 1.82) is 0 Å². The maximum Gasteiger partial charge on any atom is 0.161 e. The van der Waals surface area contributed by atoms with Crippen molar-refractivity contribution in [3.63, 3.8) is 0 Å². The quantitative estimate of drug-likeness (QED) is 0.657. The molecule has 0 atom stereocenters. The van der Waals surface area contributed by atoms with E-state index in [1.54, 1.807) is 0 Å². The van der Waals surface area contributed by atoms with Gasteiger partial charge < -0.3 is 9.47 Å². The van der Waals surface area contributed by atoms with Gasteiger partial charge in [0.25, 0.3) is 0 Å². The Kier molecular flexibility index (Phi) is 8.41. The lowest BCUT2D eigenvalue weighted by Gasteiger charge is -2.06. The van der Waals surface area contributed by atoms with E-state index in [1.165, 1.54) is 5.56 Å². The van der Waals surface area contributed by atoms with Crippen LogP contribution >= 0.6 is 0 Å². The first-order chi connectivity index (χ1) is 7.86. The molecule has 0 N–H and O–H groups in total. The number of benzene rings is 1. The van der Waals surface area contributed by atoms with Crippen molar-refractivity contribution in [1.82, 2.24) is 0 Å². The van der Waals surface area contributed by atoms with E-state index in [-0.39, 0.29) is 0 Å². The predicted molar refractivity (Wildman–Crippen MR) is 69.5 cm³/mol. The molecule has 0 saturated heterocycles. The summed E-state index contributed by atoms with van der Waals surface area (Å²) in [5, 5.41) is 0. The van der Waals surface area contributed by atoms with Crippen LogP contribution in [0.1, 0.15) is 39.7 Å². The highest BCUT2D eigenvalue weighted by molar-refractivity contribution is 5.42. The molecule has 0 spiro atoms. The Bertz CT molecular complexity index is 282. The Morgan fingerprint density at radius 3 is 2.06 bits per heavy atom. The number of aryl methyl sites for hydroxylation is 1. The van der Waals surface area contributed by atoms with E-state index in [2.05, 4.69) is 6.92 Å². The van der Waals surface area contributed by atoms with Gasteiger partial charge in [-0.05, 0) is 24.6 Å². The number of fused-ring (bicyclic) bond motifs is 1.